The van der Waals surface area contributed by atoms with Gasteiger partial charge in [-0.15, -0.1) is 0 Å². The number of carboxylic acid groups (broad SMARTS) is 1. The highest BCUT2D eigenvalue weighted by Crippen LogP contribution is 2.28. The molecule has 0 saturated heterocycles. The number of amides is 1. The van der Waals surface area contributed by atoms with Crippen LogP contribution in [0, 0.1) is 5.92 Å². The van der Waals surface area contributed by atoms with Crippen molar-refractivity contribution in [3.8, 4) is 0 Å². The lowest BCUT2D eigenvalue weighted by atomic mass is 10.2. The highest BCUT2D eigenvalue weighted by atomic mass is 16.4. The van der Waals surface area contributed by atoms with E-state index >= 15 is 0 Å². The average Bonchev–Trinajstić information content (AvgIpc) is 2.93. The summed E-state index contributed by atoms with van der Waals surface area (Å²) in [5.74, 6) is -0.461. The highest BCUT2D eigenvalue weighted by Gasteiger charge is 2.32. The van der Waals surface area contributed by atoms with Gasteiger partial charge in [-0.1, -0.05) is 13.8 Å². The van der Waals surface area contributed by atoms with E-state index in [2.05, 4.69) is 13.8 Å². The molecule has 0 heterocycles. The van der Waals surface area contributed by atoms with E-state index in [0.717, 1.165) is 19.4 Å². The minimum atomic E-state index is -0.899. The largest absolute Gasteiger partial charge is 0.481 e. The smallest absolute Gasteiger partial charge is 0.303 e. The lowest BCUT2D eigenvalue weighted by molar-refractivity contribution is -0.141. The van der Waals surface area contributed by atoms with E-state index in [9.17, 15) is 9.59 Å². The van der Waals surface area contributed by atoms with Crippen molar-refractivity contribution in [1.29, 1.82) is 0 Å². The molecule has 4 heteroatoms. The highest BCUT2D eigenvalue weighted by molar-refractivity contribution is 5.81. The Kier molecular flexibility index (Phi) is 4.12. The number of hydrogen-bond acceptors (Lipinski definition) is 2. The second-order valence-electron chi connectivity index (χ2n) is 4.56. The maximum Gasteiger partial charge on any atom is 0.303 e. The van der Waals surface area contributed by atoms with E-state index in [1.165, 1.54) is 0 Å². The molecule has 1 N–H and O–H groups in total. The molecule has 0 unspecified atom stereocenters. The maximum absolute atomic E-state index is 11.7. The van der Waals surface area contributed by atoms with Crippen LogP contribution in [0.3, 0.4) is 0 Å². The minimum absolute atomic E-state index is 0.00593. The van der Waals surface area contributed by atoms with Gasteiger partial charge >= 0.3 is 5.97 Å². The Balaban J connectivity index is 2.40. The van der Waals surface area contributed by atoms with Crippen LogP contribution in [0.2, 0.25) is 0 Å². The molecule has 86 valence electrons. The summed E-state index contributed by atoms with van der Waals surface area (Å²) < 4.78 is 0. The average molecular weight is 213 g/mol. The summed E-state index contributed by atoms with van der Waals surface area (Å²) in [6.07, 6.45) is 2.23. The van der Waals surface area contributed by atoms with Gasteiger partial charge in [0.1, 0.15) is 0 Å². The van der Waals surface area contributed by atoms with Crippen molar-refractivity contribution in [2.45, 2.75) is 45.6 Å². The van der Waals surface area contributed by atoms with Gasteiger partial charge in [0.2, 0.25) is 5.91 Å². The molecule has 1 aliphatic rings. The molecule has 0 aliphatic heterocycles. The van der Waals surface area contributed by atoms with Crippen LogP contribution in [0.5, 0.6) is 0 Å². The number of hydrogen-bond donors (Lipinski definition) is 1. The standard InChI is InChI=1S/C11H19NO3/c1-8(2)7-12(9-3-4-9)10(13)5-6-11(14)15/h8-9H,3-7H2,1-2H3,(H,14,15). The van der Waals surface area contributed by atoms with Crippen LogP contribution in [-0.4, -0.2) is 34.5 Å². The fraction of sp³-hybridized carbons (Fsp3) is 0.818. The number of aliphatic carboxylic acids is 1. The fourth-order valence-corrected chi connectivity index (χ4v) is 1.59. The monoisotopic (exact) mass is 213 g/mol. The van der Waals surface area contributed by atoms with Gasteiger partial charge in [-0.3, -0.25) is 9.59 Å². The second-order valence-corrected chi connectivity index (χ2v) is 4.56. The molecule has 1 rings (SSSR count). The van der Waals surface area contributed by atoms with Crippen LogP contribution < -0.4 is 0 Å². The molecule has 0 bridgehead atoms. The molecule has 4 nitrogen and oxygen atoms in total. The predicted octanol–water partition coefficient (Wildman–Crippen LogP) is 1.50. The van der Waals surface area contributed by atoms with Crippen molar-refractivity contribution in [3.63, 3.8) is 0 Å². The van der Waals surface area contributed by atoms with Crippen LogP contribution >= 0.6 is 0 Å². The van der Waals surface area contributed by atoms with Crippen molar-refractivity contribution in [2.24, 2.45) is 5.92 Å². The van der Waals surface area contributed by atoms with Crippen molar-refractivity contribution < 1.29 is 14.7 Å². The quantitative estimate of drug-likeness (QED) is 0.727. The van der Waals surface area contributed by atoms with Gasteiger partial charge < -0.3 is 10.0 Å². The topological polar surface area (TPSA) is 57.6 Å². The predicted molar refractivity (Wildman–Crippen MR) is 56.4 cm³/mol. The SMILES string of the molecule is CC(C)CN(C(=O)CCC(=O)O)C1CC1. The molecule has 0 spiro atoms. The van der Waals surface area contributed by atoms with Crippen LogP contribution in [0.1, 0.15) is 39.5 Å². The Morgan fingerprint density at radius 2 is 1.93 bits per heavy atom. The molecular formula is C11H19NO3. The third-order valence-corrected chi connectivity index (χ3v) is 2.42. The van der Waals surface area contributed by atoms with Crippen LogP contribution in [-0.2, 0) is 9.59 Å². The van der Waals surface area contributed by atoms with Gasteiger partial charge in [0, 0.05) is 19.0 Å². The molecule has 0 radical (unpaired) electrons. The number of nitrogens with zero attached hydrogens (tertiary/aromatic N) is 1. The van der Waals surface area contributed by atoms with Gasteiger partial charge in [0.15, 0.2) is 0 Å². The molecule has 0 aromatic rings. The molecule has 1 fully saturated rings. The lowest BCUT2D eigenvalue weighted by Crippen LogP contribution is -2.36. The Morgan fingerprint density at radius 1 is 1.33 bits per heavy atom. The molecule has 15 heavy (non-hydrogen) atoms. The van der Waals surface area contributed by atoms with Crippen LogP contribution in [0.15, 0.2) is 0 Å². The van der Waals surface area contributed by atoms with Crippen LogP contribution in [0.4, 0.5) is 0 Å². The van der Waals surface area contributed by atoms with Crippen molar-refractivity contribution in [3.05, 3.63) is 0 Å². The molecule has 1 amide bonds. The number of rotatable bonds is 6. The summed E-state index contributed by atoms with van der Waals surface area (Å²) in [7, 11) is 0. The van der Waals surface area contributed by atoms with Crippen molar-refractivity contribution in [2.75, 3.05) is 6.54 Å². The second kappa shape index (κ2) is 5.14. The number of carbonyl (C=O) groups is 2. The summed E-state index contributed by atoms with van der Waals surface area (Å²) in [6, 6.07) is 0.383. The van der Waals surface area contributed by atoms with Gasteiger partial charge in [0.05, 0.1) is 6.42 Å². The van der Waals surface area contributed by atoms with E-state index in [1.54, 1.807) is 0 Å². The lowest BCUT2D eigenvalue weighted by Gasteiger charge is -2.24. The van der Waals surface area contributed by atoms with Gasteiger partial charge in [-0.2, -0.15) is 0 Å². The van der Waals surface area contributed by atoms with E-state index < -0.39 is 5.97 Å². The fourth-order valence-electron chi connectivity index (χ4n) is 1.59. The summed E-state index contributed by atoms with van der Waals surface area (Å²) in [5, 5.41) is 8.51. The number of carboxylic acids is 1. The molecule has 1 aliphatic carbocycles. The first-order valence-electron chi connectivity index (χ1n) is 5.52. The first-order valence-corrected chi connectivity index (χ1v) is 5.52. The van der Waals surface area contributed by atoms with Crippen molar-refractivity contribution in [1.82, 2.24) is 4.90 Å². The van der Waals surface area contributed by atoms with Gasteiger partial charge in [-0.25, -0.2) is 0 Å². The van der Waals surface area contributed by atoms with E-state index in [4.69, 9.17) is 5.11 Å². The summed E-state index contributed by atoms with van der Waals surface area (Å²) in [5.41, 5.74) is 0. The Bertz CT molecular complexity index is 246. The molecule has 0 atom stereocenters. The van der Waals surface area contributed by atoms with Gasteiger partial charge in [0.25, 0.3) is 0 Å². The zero-order valence-electron chi connectivity index (χ0n) is 9.40. The van der Waals surface area contributed by atoms with Crippen molar-refractivity contribution >= 4 is 11.9 Å². The molecule has 0 aromatic carbocycles. The minimum Gasteiger partial charge on any atom is -0.481 e. The Morgan fingerprint density at radius 3 is 2.33 bits per heavy atom. The number of carbonyl (C=O) groups excluding carboxylic acids is 1. The van der Waals surface area contributed by atoms with E-state index in [1.807, 2.05) is 4.90 Å². The third-order valence-electron chi connectivity index (χ3n) is 2.42. The zero-order valence-corrected chi connectivity index (χ0v) is 9.40. The summed E-state index contributed by atoms with van der Waals surface area (Å²) in [4.78, 5) is 23.9. The third kappa shape index (κ3) is 4.32. The molecule has 0 aromatic heterocycles. The maximum atomic E-state index is 11.7. The first-order chi connectivity index (χ1) is 7.00. The molecular weight excluding hydrogens is 194 g/mol. The Labute approximate surface area is 90.3 Å². The first kappa shape index (κ1) is 12.0. The zero-order chi connectivity index (χ0) is 11.4. The van der Waals surface area contributed by atoms with Crippen LogP contribution in [0.25, 0.3) is 0 Å². The van der Waals surface area contributed by atoms with E-state index in [0.29, 0.717) is 12.0 Å². The summed E-state index contributed by atoms with van der Waals surface area (Å²) in [6.45, 7) is 4.89. The van der Waals surface area contributed by atoms with E-state index in [-0.39, 0.29) is 18.7 Å². The Hall–Kier alpha value is -1.06. The molecule has 1 saturated carbocycles. The summed E-state index contributed by atoms with van der Waals surface area (Å²) >= 11 is 0. The normalized spacial score (nSPS) is 15.4. The van der Waals surface area contributed by atoms with Gasteiger partial charge in [-0.05, 0) is 18.8 Å².